The van der Waals surface area contributed by atoms with E-state index >= 15 is 0 Å². The lowest BCUT2D eigenvalue weighted by Crippen LogP contribution is -2.43. The summed E-state index contributed by atoms with van der Waals surface area (Å²) in [4.78, 5) is 31.8. The Morgan fingerprint density at radius 2 is 1.50 bits per heavy atom. The Morgan fingerprint density at radius 1 is 0.750 bits per heavy atom. The highest BCUT2D eigenvalue weighted by atomic mass is 16.5. The Bertz CT molecular complexity index is 1670. The number of benzene rings is 4. The van der Waals surface area contributed by atoms with E-state index in [0.29, 0.717) is 31.7 Å². The van der Waals surface area contributed by atoms with Crippen LogP contribution in [-0.2, 0) is 24.4 Å². The fourth-order valence-corrected chi connectivity index (χ4v) is 5.60. The summed E-state index contributed by atoms with van der Waals surface area (Å²) in [5.74, 6) is 0.636. The highest BCUT2D eigenvalue weighted by molar-refractivity contribution is 6.07. The molecule has 0 N–H and O–H groups in total. The maximum atomic E-state index is 14.2. The molecule has 6 heteroatoms. The molecule has 0 spiro atoms. The Labute approximate surface area is 260 Å². The molecule has 0 bridgehead atoms. The van der Waals surface area contributed by atoms with Crippen molar-refractivity contribution < 1.29 is 14.3 Å². The van der Waals surface area contributed by atoms with Crippen LogP contribution in [0.2, 0.25) is 0 Å². The van der Waals surface area contributed by atoms with Crippen molar-refractivity contribution in [1.29, 1.82) is 0 Å². The van der Waals surface area contributed by atoms with Gasteiger partial charge in [0.15, 0.2) is 0 Å². The van der Waals surface area contributed by atoms with Crippen LogP contribution in [0.4, 0.5) is 0 Å². The average molecular weight is 588 g/mol. The standard InChI is InChI=1S/C38H41N3O3/c1-3-4-10-23-40(38(43)36-22-12-18-32-17-8-9-21-35(32)36)29-37(42)41(26-30-14-6-5-7-15-30)28-33-19-13-24-39(33)27-31-16-11-20-34(25-31)44-2/h5-9,11-22,24-25H,3-4,10,23,26-29H2,1-2H3. The second kappa shape index (κ2) is 15.1. The molecular formula is C38H41N3O3. The summed E-state index contributed by atoms with van der Waals surface area (Å²) >= 11 is 0. The van der Waals surface area contributed by atoms with E-state index in [1.54, 1.807) is 12.0 Å². The minimum atomic E-state index is -0.104. The number of nitrogens with zero attached hydrogens (tertiary/aromatic N) is 3. The van der Waals surface area contributed by atoms with Gasteiger partial charge >= 0.3 is 0 Å². The number of rotatable bonds is 14. The van der Waals surface area contributed by atoms with E-state index < -0.39 is 0 Å². The van der Waals surface area contributed by atoms with Crippen LogP contribution in [0.5, 0.6) is 5.75 Å². The number of methoxy groups -OCH3 is 1. The van der Waals surface area contributed by atoms with Crippen molar-refractivity contribution in [3.05, 3.63) is 138 Å². The molecule has 0 saturated carbocycles. The number of carbonyl (C=O) groups is 2. The topological polar surface area (TPSA) is 54.8 Å². The first-order valence-electron chi connectivity index (χ1n) is 15.4. The number of ether oxygens (including phenoxy) is 1. The van der Waals surface area contributed by atoms with Crippen molar-refractivity contribution in [1.82, 2.24) is 14.4 Å². The zero-order chi connectivity index (χ0) is 30.7. The minimum absolute atomic E-state index is 0.0230. The van der Waals surface area contributed by atoms with Gasteiger partial charge in [-0.3, -0.25) is 9.59 Å². The van der Waals surface area contributed by atoms with Gasteiger partial charge in [0.05, 0.1) is 13.7 Å². The quantitative estimate of drug-likeness (QED) is 0.126. The predicted octanol–water partition coefficient (Wildman–Crippen LogP) is 7.56. The summed E-state index contributed by atoms with van der Waals surface area (Å²) in [6.07, 6.45) is 4.93. The van der Waals surface area contributed by atoms with Crippen LogP contribution in [-0.4, -0.2) is 46.4 Å². The van der Waals surface area contributed by atoms with Crippen LogP contribution >= 0.6 is 0 Å². The molecule has 6 nitrogen and oxygen atoms in total. The lowest BCUT2D eigenvalue weighted by molar-refractivity contribution is -0.133. The maximum absolute atomic E-state index is 14.2. The van der Waals surface area contributed by atoms with Crippen molar-refractivity contribution in [2.24, 2.45) is 0 Å². The lowest BCUT2D eigenvalue weighted by Gasteiger charge is -2.29. The molecular weight excluding hydrogens is 546 g/mol. The molecule has 1 aromatic heterocycles. The summed E-state index contributed by atoms with van der Waals surface area (Å²) < 4.78 is 7.59. The second-order valence-corrected chi connectivity index (χ2v) is 11.2. The van der Waals surface area contributed by atoms with Gasteiger partial charge in [-0.15, -0.1) is 0 Å². The molecule has 0 radical (unpaired) electrons. The second-order valence-electron chi connectivity index (χ2n) is 11.2. The Balaban J connectivity index is 1.40. The number of amides is 2. The summed E-state index contributed by atoms with van der Waals surface area (Å²) in [5.41, 5.74) is 3.82. The summed E-state index contributed by atoms with van der Waals surface area (Å²) in [6.45, 7) is 4.24. The third kappa shape index (κ3) is 7.75. The third-order valence-corrected chi connectivity index (χ3v) is 8.00. The molecule has 0 aliphatic carbocycles. The van der Waals surface area contributed by atoms with E-state index in [-0.39, 0.29) is 18.4 Å². The Kier molecular flexibility index (Phi) is 10.5. The van der Waals surface area contributed by atoms with E-state index in [4.69, 9.17) is 4.74 Å². The van der Waals surface area contributed by atoms with Crippen LogP contribution in [0.3, 0.4) is 0 Å². The molecule has 0 aliphatic rings. The molecule has 0 atom stereocenters. The Hall–Kier alpha value is -4.84. The normalized spacial score (nSPS) is 11.0. The molecule has 5 rings (SSSR count). The fraction of sp³-hybridized carbons (Fsp3) is 0.263. The number of hydrogen-bond acceptors (Lipinski definition) is 3. The number of aromatic nitrogens is 1. The number of unbranched alkanes of at least 4 members (excludes halogenated alkanes) is 2. The van der Waals surface area contributed by atoms with E-state index in [0.717, 1.165) is 52.6 Å². The van der Waals surface area contributed by atoms with Crippen LogP contribution < -0.4 is 4.74 Å². The van der Waals surface area contributed by atoms with Crippen LogP contribution in [0, 0.1) is 0 Å². The summed E-state index contributed by atoms with van der Waals surface area (Å²) in [6, 6.07) is 35.9. The van der Waals surface area contributed by atoms with Crippen LogP contribution in [0.1, 0.15) is 53.4 Å². The van der Waals surface area contributed by atoms with E-state index in [2.05, 4.69) is 23.6 Å². The van der Waals surface area contributed by atoms with Gasteiger partial charge in [0.25, 0.3) is 5.91 Å². The van der Waals surface area contributed by atoms with Crippen molar-refractivity contribution in [3.63, 3.8) is 0 Å². The van der Waals surface area contributed by atoms with Gasteiger partial charge in [-0.2, -0.15) is 0 Å². The lowest BCUT2D eigenvalue weighted by atomic mass is 10.0. The van der Waals surface area contributed by atoms with Gasteiger partial charge in [-0.25, -0.2) is 0 Å². The molecule has 4 aromatic carbocycles. The van der Waals surface area contributed by atoms with Gasteiger partial charge in [0.1, 0.15) is 12.3 Å². The smallest absolute Gasteiger partial charge is 0.254 e. The fourth-order valence-electron chi connectivity index (χ4n) is 5.60. The van der Waals surface area contributed by atoms with Crippen LogP contribution in [0.25, 0.3) is 10.8 Å². The molecule has 5 aromatic rings. The van der Waals surface area contributed by atoms with E-state index in [1.165, 1.54) is 0 Å². The molecule has 44 heavy (non-hydrogen) atoms. The van der Waals surface area contributed by atoms with Gasteiger partial charge in [0, 0.05) is 37.1 Å². The minimum Gasteiger partial charge on any atom is -0.497 e. The highest BCUT2D eigenvalue weighted by Crippen LogP contribution is 2.22. The summed E-state index contributed by atoms with van der Waals surface area (Å²) in [7, 11) is 1.67. The highest BCUT2D eigenvalue weighted by Gasteiger charge is 2.24. The molecule has 1 heterocycles. The largest absolute Gasteiger partial charge is 0.497 e. The first-order chi connectivity index (χ1) is 21.6. The maximum Gasteiger partial charge on any atom is 0.254 e. The number of carbonyl (C=O) groups excluding carboxylic acids is 2. The van der Waals surface area contributed by atoms with Crippen LogP contribution in [0.15, 0.2) is 115 Å². The predicted molar refractivity (Wildman–Crippen MR) is 177 cm³/mol. The molecule has 2 amide bonds. The Morgan fingerprint density at radius 3 is 2.32 bits per heavy atom. The zero-order valence-electron chi connectivity index (χ0n) is 25.7. The third-order valence-electron chi connectivity index (χ3n) is 8.00. The first-order valence-corrected chi connectivity index (χ1v) is 15.4. The molecule has 0 fully saturated rings. The summed E-state index contributed by atoms with van der Waals surface area (Å²) in [5, 5.41) is 1.92. The number of hydrogen-bond donors (Lipinski definition) is 0. The van der Waals surface area contributed by atoms with Crippen molar-refractivity contribution in [2.45, 2.75) is 45.8 Å². The van der Waals surface area contributed by atoms with Gasteiger partial charge in [-0.05, 0) is 58.7 Å². The SMILES string of the molecule is CCCCCN(CC(=O)N(Cc1ccccc1)Cc1cccn1Cc1cccc(OC)c1)C(=O)c1cccc2ccccc12. The van der Waals surface area contributed by atoms with Crippen molar-refractivity contribution >= 4 is 22.6 Å². The van der Waals surface area contributed by atoms with E-state index in [1.807, 2.05) is 108 Å². The average Bonchev–Trinajstić information content (AvgIpc) is 3.50. The number of fused-ring (bicyclic) bond motifs is 1. The zero-order valence-corrected chi connectivity index (χ0v) is 25.7. The van der Waals surface area contributed by atoms with Crippen molar-refractivity contribution in [3.8, 4) is 5.75 Å². The molecule has 226 valence electrons. The molecule has 0 unspecified atom stereocenters. The van der Waals surface area contributed by atoms with Crippen molar-refractivity contribution in [2.75, 3.05) is 20.2 Å². The molecule has 0 saturated heterocycles. The monoisotopic (exact) mass is 587 g/mol. The molecule has 0 aliphatic heterocycles. The van der Waals surface area contributed by atoms with E-state index in [9.17, 15) is 9.59 Å². The van der Waals surface area contributed by atoms with Gasteiger partial charge < -0.3 is 19.1 Å². The first kappa shape index (κ1) is 30.6. The van der Waals surface area contributed by atoms with Gasteiger partial charge in [0.2, 0.25) is 5.91 Å². The van der Waals surface area contributed by atoms with Gasteiger partial charge in [-0.1, -0.05) is 98.6 Å².